The largest absolute Gasteiger partial charge is 0.439 e. The van der Waals surface area contributed by atoms with Gasteiger partial charge in [-0.25, -0.2) is 9.07 Å². The smallest absolute Gasteiger partial charge is 0.222 e. The van der Waals surface area contributed by atoms with Crippen LogP contribution in [0.4, 0.5) is 4.39 Å². The van der Waals surface area contributed by atoms with E-state index < -0.39 is 0 Å². The van der Waals surface area contributed by atoms with Gasteiger partial charge in [-0.15, -0.1) is 0 Å². The topological polar surface area (TPSA) is 39.1 Å². The van der Waals surface area contributed by atoms with E-state index in [1.807, 2.05) is 14.0 Å². The predicted octanol–water partition coefficient (Wildman–Crippen LogP) is 3.47. The Hall–Kier alpha value is -1.88. The lowest BCUT2D eigenvalue weighted by Gasteiger charge is -2.10. The molecule has 1 heterocycles. The number of halogens is 1. The first-order valence-corrected chi connectivity index (χ1v) is 7.20. The first kappa shape index (κ1) is 15.5. The van der Waals surface area contributed by atoms with E-state index in [-0.39, 0.29) is 5.82 Å². The Morgan fingerprint density at radius 1 is 1.33 bits per heavy atom. The van der Waals surface area contributed by atoms with Crippen LogP contribution in [0.3, 0.4) is 0 Å². The van der Waals surface area contributed by atoms with Gasteiger partial charge in [-0.1, -0.05) is 6.92 Å². The number of hydrogen-bond donors (Lipinski definition) is 1. The molecule has 114 valence electrons. The summed E-state index contributed by atoms with van der Waals surface area (Å²) in [6.45, 7) is 7.47. The van der Waals surface area contributed by atoms with Gasteiger partial charge in [-0.05, 0) is 50.6 Å². The second kappa shape index (κ2) is 6.72. The van der Waals surface area contributed by atoms with E-state index in [9.17, 15) is 4.39 Å². The number of nitrogens with one attached hydrogen (secondary N) is 1. The molecule has 0 bridgehead atoms. The minimum absolute atomic E-state index is 0.228. The normalized spacial score (nSPS) is 10.9. The van der Waals surface area contributed by atoms with E-state index >= 15 is 0 Å². The van der Waals surface area contributed by atoms with E-state index in [0.29, 0.717) is 23.7 Å². The number of benzene rings is 1. The summed E-state index contributed by atoms with van der Waals surface area (Å²) < 4.78 is 21.0. The number of rotatable bonds is 6. The van der Waals surface area contributed by atoms with Crippen LogP contribution in [0.1, 0.15) is 30.2 Å². The molecule has 1 aromatic heterocycles. The van der Waals surface area contributed by atoms with Crippen LogP contribution in [0.15, 0.2) is 18.2 Å². The van der Waals surface area contributed by atoms with Gasteiger partial charge in [-0.2, -0.15) is 5.10 Å². The van der Waals surface area contributed by atoms with Crippen LogP contribution in [0.25, 0.3) is 0 Å². The number of aromatic nitrogens is 2. The van der Waals surface area contributed by atoms with Gasteiger partial charge in [0.25, 0.3) is 0 Å². The number of ether oxygens (including phenoxy) is 1. The predicted molar refractivity (Wildman–Crippen MR) is 81.2 cm³/mol. The molecule has 1 aromatic carbocycles. The van der Waals surface area contributed by atoms with Crippen molar-refractivity contribution in [3.8, 4) is 11.6 Å². The molecule has 2 aromatic rings. The van der Waals surface area contributed by atoms with Gasteiger partial charge in [0.05, 0.1) is 11.3 Å². The van der Waals surface area contributed by atoms with Gasteiger partial charge in [0.1, 0.15) is 11.6 Å². The maximum atomic E-state index is 13.3. The van der Waals surface area contributed by atoms with Crippen LogP contribution in [0.2, 0.25) is 0 Å². The molecule has 0 spiro atoms. The zero-order valence-electron chi connectivity index (χ0n) is 13.0. The van der Waals surface area contributed by atoms with Crippen molar-refractivity contribution in [3.05, 3.63) is 40.8 Å². The second-order valence-corrected chi connectivity index (χ2v) is 5.18. The van der Waals surface area contributed by atoms with E-state index in [1.54, 1.807) is 23.7 Å². The molecule has 0 atom stereocenters. The molecule has 0 radical (unpaired) electrons. The van der Waals surface area contributed by atoms with Gasteiger partial charge in [0, 0.05) is 13.6 Å². The van der Waals surface area contributed by atoms with Gasteiger partial charge in [0.15, 0.2) is 0 Å². The first-order valence-electron chi connectivity index (χ1n) is 7.20. The highest BCUT2D eigenvalue weighted by Gasteiger charge is 2.15. The Bertz CT molecular complexity index is 622. The summed E-state index contributed by atoms with van der Waals surface area (Å²) in [5.74, 6) is 1.09. The average molecular weight is 291 g/mol. The van der Waals surface area contributed by atoms with Gasteiger partial charge in [0.2, 0.25) is 5.88 Å². The maximum Gasteiger partial charge on any atom is 0.222 e. The molecule has 21 heavy (non-hydrogen) atoms. The molecule has 0 saturated heterocycles. The molecule has 0 aliphatic carbocycles. The Morgan fingerprint density at radius 2 is 2.10 bits per heavy atom. The Kier molecular flexibility index (Phi) is 4.96. The second-order valence-electron chi connectivity index (χ2n) is 5.18. The van der Waals surface area contributed by atoms with Crippen LogP contribution >= 0.6 is 0 Å². The first-order chi connectivity index (χ1) is 10.0. The van der Waals surface area contributed by atoms with Gasteiger partial charge < -0.3 is 10.1 Å². The molecule has 4 nitrogen and oxygen atoms in total. The summed E-state index contributed by atoms with van der Waals surface area (Å²) in [6.07, 6.45) is 1.08. The fraction of sp³-hybridized carbons (Fsp3) is 0.438. The molecule has 0 aliphatic rings. The van der Waals surface area contributed by atoms with Crippen molar-refractivity contribution >= 4 is 0 Å². The molecule has 0 fully saturated rings. The van der Waals surface area contributed by atoms with Crippen LogP contribution < -0.4 is 10.1 Å². The highest BCUT2D eigenvalue weighted by Crippen LogP contribution is 2.28. The molecule has 0 amide bonds. The molecule has 0 saturated carbocycles. The molecule has 0 aliphatic heterocycles. The van der Waals surface area contributed by atoms with E-state index in [1.165, 1.54) is 6.07 Å². The summed E-state index contributed by atoms with van der Waals surface area (Å²) in [4.78, 5) is 0. The molecule has 1 N–H and O–H groups in total. The van der Waals surface area contributed by atoms with Crippen molar-refractivity contribution in [2.24, 2.45) is 7.05 Å². The third kappa shape index (κ3) is 3.61. The van der Waals surface area contributed by atoms with Gasteiger partial charge >= 0.3 is 0 Å². The average Bonchev–Trinajstić information content (AvgIpc) is 2.70. The lowest BCUT2D eigenvalue weighted by molar-refractivity contribution is 0.422. The van der Waals surface area contributed by atoms with E-state index in [4.69, 9.17) is 4.74 Å². The Balaban J connectivity index is 2.23. The third-order valence-corrected chi connectivity index (χ3v) is 3.36. The van der Waals surface area contributed by atoms with Crippen LogP contribution in [-0.2, 0) is 13.6 Å². The highest BCUT2D eigenvalue weighted by molar-refractivity contribution is 5.37. The van der Waals surface area contributed by atoms with Gasteiger partial charge in [-0.3, -0.25) is 0 Å². The molecule has 5 heteroatoms. The van der Waals surface area contributed by atoms with E-state index in [0.717, 1.165) is 24.2 Å². The molecular weight excluding hydrogens is 269 g/mol. The standard InChI is InChI=1S/C16H22FN3O/c1-5-8-18-10-14-12(3)19-20(4)16(14)21-13-6-7-15(17)11(2)9-13/h6-7,9,18H,5,8,10H2,1-4H3. The molecule has 0 unspecified atom stereocenters. The number of nitrogens with zero attached hydrogens (tertiary/aromatic N) is 2. The molecular formula is C16H22FN3O. The maximum absolute atomic E-state index is 13.3. The highest BCUT2D eigenvalue weighted by atomic mass is 19.1. The van der Waals surface area contributed by atoms with Crippen molar-refractivity contribution in [1.29, 1.82) is 0 Å². The van der Waals surface area contributed by atoms with Crippen LogP contribution in [0, 0.1) is 19.7 Å². The monoisotopic (exact) mass is 291 g/mol. The Labute approximate surface area is 124 Å². The lowest BCUT2D eigenvalue weighted by atomic mass is 10.2. The Morgan fingerprint density at radius 3 is 2.76 bits per heavy atom. The fourth-order valence-electron chi connectivity index (χ4n) is 2.19. The van der Waals surface area contributed by atoms with Crippen LogP contribution in [-0.4, -0.2) is 16.3 Å². The summed E-state index contributed by atoms with van der Waals surface area (Å²) in [7, 11) is 1.85. The summed E-state index contributed by atoms with van der Waals surface area (Å²) in [5, 5.41) is 7.76. The molecule has 2 rings (SSSR count). The third-order valence-electron chi connectivity index (χ3n) is 3.36. The van der Waals surface area contributed by atoms with Crippen molar-refractivity contribution in [3.63, 3.8) is 0 Å². The van der Waals surface area contributed by atoms with Crippen molar-refractivity contribution < 1.29 is 9.13 Å². The lowest BCUT2D eigenvalue weighted by Crippen LogP contribution is -2.14. The van der Waals surface area contributed by atoms with Crippen molar-refractivity contribution in [1.82, 2.24) is 15.1 Å². The minimum atomic E-state index is -0.228. The number of hydrogen-bond acceptors (Lipinski definition) is 3. The zero-order valence-corrected chi connectivity index (χ0v) is 13.0. The minimum Gasteiger partial charge on any atom is -0.439 e. The summed E-state index contributed by atoms with van der Waals surface area (Å²) in [6, 6.07) is 4.75. The number of aryl methyl sites for hydroxylation is 3. The SMILES string of the molecule is CCCNCc1c(C)nn(C)c1Oc1ccc(F)c(C)c1. The van der Waals surface area contributed by atoms with Crippen molar-refractivity contribution in [2.45, 2.75) is 33.7 Å². The van der Waals surface area contributed by atoms with Crippen LogP contribution in [0.5, 0.6) is 11.6 Å². The summed E-state index contributed by atoms with van der Waals surface area (Å²) in [5.41, 5.74) is 2.54. The van der Waals surface area contributed by atoms with E-state index in [2.05, 4.69) is 17.3 Å². The fourth-order valence-corrected chi connectivity index (χ4v) is 2.19. The zero-order chi connectivity index (χ0) is 15.4. The van der Waals surface area contributed by atoms with Crippen molar-refractivity contribution in [2.75, 3.05) is 6.54 Å². The quantitative estimate of drug-likeness (QED) is 0.828. The summed E-state index contributed by atoms with van der Waals surface area (Å²) >= 11 is 0.